The maximum atomic E-state index is 11.7. The molecule has 15 heavy (non-hydrogen) atoms. The number of nitrogens with zero attached hydrogens (tertiary/aromatic N) is 1. The molecule has 1 fully saturated rings. The van der Waals surface area contributed by atoms with E-state index in [9.17, 15) is 4.79 Å². The lowest BCUT2D eigenvalue weighted by Crippen LogP contribution is -2.08. The van der Waals surface area contributed by atoms with Crippen LogP contribution in [0.1, 0.15) is 37.7 Å². The number of ketones is 1. The van der Waals surface area contributed by atoms with E-state index < -0.39 is 0 Å². The predicted octanol–water partition coefficient (Wildman–Crippen LogP) is 2.77. The van der Waals surface area contributed by atoms with E-state index >= 15 is 0 Å². The van der Waals surface area contributed by atoms with E-state index in [1.165, 1.54) is 25.7 Å². The monoisotopic (exact) mass is 203 g/mol. The third-order valence-corrected chi connectivity index (χ3v) is 3.12. The fourth-order valence-electron chi connectivity index (χ4n) is 2.34. The van der Waals surface area contributed by atoms with Crippen LogP contribution in [-0.2, 0) is 11.2 Å². The van der Waals surface area contributed by atoms with Crippen molar-refractivity contribution >= 4 is 5.78 Å². The van der Waals surface area contributed by atoms with Gasteiger partial charge in [0.2, 0.25) is 0 Å². The maximum absolute atomic E-state index is 11.7. The summed E-state index contributed by atoms with van der Waals surface area (Å²) in [7, 11) is 0. The molecule has 1 aliphatic carbocycles. The summed E-state index contributed by atoms with van der Waals surface area (Å²) in [6, 6.07) is 3.86. The second kappa shape index (κ2) is 5.06. The molecule has 2 heteroatoms. The van der Waals surface area contributed by atoms with Gasteiger partial charge < -0.3 is 0 Å². The molecule has 1 heterocycles. The zero-order valence-electron chi connectivity index (χ0n) is 8.98. The van der Waals surface area contributed by atoms with Crippen molar-refractivity contribution in [2.75, 3.05) is 0 Å². The quantitative estimate of drug-likeness (QED) is 0.753. The minimum atomic E-state index is 0.370. The van der Waals surface area contributed by atoms with Crippen LogP contribution in [0.2, 0.25) is 0 Å². The minimum Gasteiger partial charge on any atom is -0.299 e. The number of Topliss-reactive ketones (excluding diaryl/α,β-unsaturated/α-hetero) is 1. The molecule has 80 valence electrons. The van der Waals surface area contributed by atoms with Gasteiger partial charge in [0.05, 0.1) is 0 Å². The molecule has 1 aromatic rings. The lowest BCUT2D eigenvalue weighted by Gasteiger charge is -2.07. The van der Waals surface area contributed by atoms with Crippen molar-refractivity contribution in [3.05, 3.63) is 30.1 Å². The van der Waals surface area contributed by atoms with Crippen molar-refractivity contribution in [2.45, 2.75) is 38.5 Å². The molecular formula is C13H17NO. The summed E-state index contributed by atoms with van der Waals surface area (Å²) < 4.78 is 0. The van der Waals surface area contributed by atoms with Gasteiger partial charge in [-0.05, 0) is 17.5 Å². The summed E-state index contributed by atoms with van der Waals surface area (Å²) in [6.07, 6.45) is 9.98. The van der Waals surface area contributed by atoms with Gasteiger partial charge in [-0.3, -0.25) is 9.78 Å². The first kappa shape index (κ1) is 10.3. The molecule has 0 aliphatic heterocycles. The number of carbonyl (C=O) groups excluding carboxylic acids is 1. The number of pyridine rings is 1. The van der Waals surface area contributed by atoms with Crippen molar-refractivity contribution in [2.24, 2.45) is 5.92 Å². The number of carbonyl (C=O) groups is 1. The Labute approximate surface area is 90.7 Å². The molecule has 1 aromatic heterocycles. The summed E-state index contributed by atoms with van der Waals surface area (Å²) in [5.41, 5.74) is 1.04. The van der Waals surface area contributed by atoms with Crippen LogP contribution in [0.4, 0.5) is 0 Å². The topological polar surface area (TPSA) is 30.0 Å². The van der Waals surface area contributed by atoms with Gasteiger partial charge in [0.1, 0.15) is 5.78 Å². The SMILES string of the molecule is O=C(Cc1cccnc1)CC1CCCC1. The van der Waals surface area contributed by atoms with Crippen LogP contribution in [-0.4, -0.2) is 10.8 Å². The molecule has 0 unspecified atom stereocenters. The highest BCUT2D eigenvalue weighted by atomic mass is 16.1. The molecule has 0 N–H and O–H groups in total. The second-order valence-electron chi connectivity index (χ2n) is 4.43. The molecule has 0 spiro atoms. The molecule has 0 radical (unpaired) electrons. The van der Waals surface area contributed by atoms with Gasteiger partial charge in [-0.2, -0.15) is 0 Å². The van der Waals surface area contributed by atoms with Crippen LogP contribution in [0.3, 0.4) is 0 Å². The van der Waals surface area contributed by atoms with E-state index in [2.05, 4.69) is 4.98 Å². The van der Waals surface area contributed by atoms with E-state index in [4.69, 9.17) is 0 Å². The van der Waals surface area contributed by atoms with Crippen LogP contribution in [0.5, 0.6) is 0 Å². The molecule has 1 aliphatic rings. The summed E-state index contributed by atoms with van der Waals surface area (Å²) in [5.74, 6) is 1.03. The van der Waals surface area contributed by atoms with Gasteiger partial charge >= 0.3 is 0 Å². The Morgan fingerprint density at radius 3 is 2.87 bits per heavy atom. The normalized spacial score (nSPS) is 16.8. The first-order valence-electron chi connectivity index (χ1n) is 5.75. The van der Waals surface area contributed by atoms with Crippen LogP contribution in [0.15, 0.2) is 24.5 Å². The highest BCUT2D eigenvalue weighted by Crippen LogP contribution is 2.27. The molecule has 0 saturated heterocycles. The molecule has 0 aromatic carbocycles. The van der Waals surface area contributed by atoms with Crippen molar-refractivity contribution < 1.29 is 4.79 Å². The van der Waals surface area contributed by atoms with Gasteiger partial charge in [0, 0.05) is 25.2 Å². The molecular weight excluding hydrogens is 186 g/mol. The zero-order chi connectivity index (χ0) is 10.5. The van der Waals surface area contributed by atoms with Crippen molar-refractivity contribution in [3.8, 4) is 0 Å². The highest BCUT2D eigenvalue weighted by molar-refractivity contribution is 5.81. The van der Waals surface area contributed by atoms with Crippen molar-refractivity contribution in [1.82, 2.24) is 4.98 Å². The van der Waals surface area contributed by atoms with Crippen molar-refractivity contribution in [3.63, 3.8) is 0 Å². The van der Waals surface area contributed by atoms with Gasteiger partial charge in [-0.15, -0.1) is 0 Å². The van der Waals surface area contributed by atoms with E-state index in [0.717, 1.165) is 12.0 Å². The molecule has 0 atom stereocenters. The van der Waals surface area contributed by atoms with Gasteiger partial charge in [0.15, 0.2) is 0 Å². The maximum Gasteiger partial charge on any atom is 0.137 e. The summed E-state index contributed by atoms with van der Waals surface area (Å²) in [6.45, 7) is 0. The Balaban J connectivity index is 1.82. The van der Waals surface area contributed by atoms with Crippen molar-refractivity contribution in [1.29, 1.82) is 0 Å². The molecule has 1 saturated carbocycles. The third kappa shape index (κ3) is 3.15. The average Bonchev–Trinajstić information content (AvgIpc) is 2.71. The summed E-state index contributed by atoms with van der Waals surface area (Å²) >= 11 is 0. The fraction of sp³-hybridized carbons (Fsp3) is 0.538. The lowest BCUT2D eigenvalue weighted by atomic mass is 9.98. The first-order valence-corrected chi connectivity index (χ1v) is 5.75. The summed E-state index contributed by atoms with van der Waals surface area (Å²) in [5, 5.41) is 0. The Morgan fingerprint density at radius 2 is 2.20 bits per heavy atom. The lowest BCUT2D eigenvalue weighted by molar-refractivity contribution is -0.119. The largest absolute Gasteiger partial charge is 0.299 e. The minimum absolute atomic E-state index is 0.370. The van der Waals surface area contributed by atoms with Crippen LogP contribution in [0.25, 0.3) is 0 Å². The zero-order valence-corrected chi connectivity index (χ0v) is 8.98. The number of hydrogen-bond donors (Lipinski definition) is 0. The molecule has 0 amide bonds. The standard InChI is InChI=1S/C13H17NO/c15-13(8-11-4-1-2-5-11)9-12-6-3-7-14-10-12/h3,6-7,10-11H,1-2,4-5,8-9H2. The third-order valence-electron chi connectivity index (χ3n) is 3.12. The van der Waals surface area contributed by atoms with Crippen LogP contribution < -0.4 is 0 Å². The first-order chi connectivity index (χ1) is 7.34. The number of rotatable bonds is 4. The van der Waals surface area contributed by atoms with Gasteiger partial charge in [-0.1, -0.05) is 31.7 Å². The van der Waals surface area contributed by atoms with E-state index in [1.54, 1.807) is 12.4 Å². The smallest absolute Gasteiger partial charge is 0.137 e. The predicted molar refractivity (Wildman–Crippen MR) is 59.5 cm³/mol. The average molecular weight is 203 g/mol. The Morgan fingerprint density at radius 1 is 1.40 bits per heavy atom. The number of hydrogen-bond acceptors (Lipinski definition) is 2. The second-order valence-corrected chi connectivity index (χ2v) is 4.43. The Bertz CT molecular complexity index is 315. The fourth-order valence-corrected chi connectivity index (χ4v) is 2.34. The van der Waals surface area contributed by atoms with Crippen LogP contribution in [0, 0.1) is 5.92 Å². The Kier molecular flexibility index (Phi) is 3.49. The highest BCUT2D eigenvalue weighted by Gasteiger charge is 2.18. The van der Waals surface area contributed by atoms with Gasteiger partial charge in [-0.25, -0.2) is 0 Å². The number of aromatic nitrogens is 1. The van der Waals surface area contributed by atoms with Gasteiger partial charge in [0.25, 0.3) is 0 Å². The molecule has 2 nitrogen and oxygen atoms in total. The van der Waals surface area contributed by atoms with E-state index in [0.29, 0.717) is 18.1 Å². The Hall–Kier alpha value is -1.18. The van der Waals surface area contributed by atoms with E-state index in [-0.39, 0.29) is 0 Å². The van der Waals surface area contributed by atoms with Crippen LogP contribution >= 0.6 is 0 Å². The summed E-state index contributed by atoms with van der Waals surface area (Å²) in [4.78, 5) is 15.8. The molecule has 0 bridgehead atoms. The van der Waals surface area contributed by atoms with E-state index in [1.807, 2.05) is 12.1 Å². The molecule has 2 rings (SSSR count).